The third-order valence-electron chi connectivity index (χ3n) is 3.17. The summed E-state index contributed by atoms with van der Waals surface area (Å²) in [5.74, 6) is 0. The number of hydrogen-bond acceptors (Lipinski definition) is 2. The average Bonchev–Trinajstić information content (AvgIpc) is 2.84. The van der Waals surface area contributed by atoms with Crippen molar-refractivity contribution >= 4 is 38.6 Å². The zero-order valence-electron chi connectivity index (χ0n) is 11.1. The molecule has 0 bridgehead atoms. The van der Waals surface area contributed by atoms with Crippen LogP contribution in [0.4, 0.5) is 0 Å². The van der Waals surface area contributed by atoms with Crippen LogP contribution in [-0.4, -0.2) is 12.0 Å². The molecular weight excluding hydrogens is 332 g/mol. The van der Waals surface area contributed by atoms with Crippen molar-refractivity contribution in [2.24, 2.45) is 0 Å². The molecule has 4 heteroatoms. The molecule has 102 valence electrons. The fraction of sp³-hybridized carbons (Fsp3) is 0.125. The lowest BCUT2D eigenvalue weighted by Gasteiger charge is -2.08. The summed E-state index contributed by atoms with van der Waals surface area (Å²) in [7, 11) is 1.98. The largest absolute Gasteiger partial charge is 0.360 e. The maximum absolute atomic E-state index is 3.54. The molecule has 0 amide bonds. The number of nitrogens with one attached hydrogen (secondary N) is 2. The van der Waals surface area contributed by atoms with E-state index in [9.17, 15) is 0 Å². The number of aromatic amines is 1. The summed E-state index contributed by atoms with van der Waals surface area (Å²) >= 11 is 5.35. The molecule has 2 nitrogen and oxygen atoms in total. The van der Waals surface area contributed by atoms with Crippen LogP contribution in [-0.2, 0) is 6.54 Å². The average molecular weight is 347 g/mol. The SMILES string of the molecule is CNCc1ccccc1Sc1c[nH]c2ccc(Br)cc12. The van der Waals surface area contributed by atoms with Gasteiger partial charge in [-0.3, -0.25) is 0 Å². The maximum Gasteiger partial charge on any atom is 0.0466 e. The molecule has 0 saturated heterocycles. The molecule has 0 aliphatic heterocycles. The van der Waals surface area contributed by atoms with E-state index in [1.54, 1.807) is 11.8 Å². The third kappa shape index (κ3) is 2.77. The Morgan fingerprint density at radius 2 is 2.00 bits per heavy atom. The monoisotopic (exact) mass is 346 g/mol. The van der Waals surface area contributed by atoms with Gasteiger partial charge in [0.05, 0.1) is 0 Å². The van der Waals surface area contributed by atoms with Gasteiger partial charge in [-0.2, -0.15) is 0 Å². The van der Waals surface area contributed by atoms with E-state index >= 15 is 0 Å². The normalized spacial score (nSPS) is 11.1. The summed E-state index contributed by atoms with van der Waals surface area (Å²) in [6.07, 6.45) is 2.08. The summed E-state index contributed by atoms with van der Waals surface area (Å²) in [5.41, 5.74) is 2.49. The van der Waals surface area contributed by atoms with Gasteiger partial charge >= 0.3 is 0 Å². The lowest BCUT2D eigenvalue weighted by molar-refractivity contribution is 0.803. The zero-order valence-corrected chi connectivity index (χ0v) is 13.5. The number of benzene rings is 2. The Labute approximate surface area is 131 Å². The Morgan fingerprint density at radius 3 is 2.85 bits per heavy atom. The predicted octanol–water partition coefficient (Wildman–Crippen LogP) is 4.80. The van der Waals surface area contributed by atoms with Crippen LogP contribution in [0.3, 0.4) is 0 Å². The minimum atomic E-state index is 0.884. The highest BCUT2D eigenvalue weighted by Gasteiger charge is 2.08. The van der Waals surface area contributed by atoms with E-state index in [4.69, 9.17) is 0 Å². The summed E-state index contributed by atoms with van der Waals surface area (Å²) in [4.78, 5) is 5.88. The van der Waals surface area contributed by atoms with Crippen molar-refractivity contribution in [2.45, 2.75) is 16.3 Å². The van der Waals surface area contributed by atoms with E-state index in [0.717, 1.165) is 11.0 Å². The highest BCUT2D eigenvalue weighted by molar-refractivity contribution is 9.10. The van der Waals surface area contributed by atoms with Gasteiger partial charge in [0.15, 0.2) is 0 Å². The molecular formula is C16H15BrN2S. The summed E-state index contributed by atoms with van der Waals surface area (Å²) in [6, 6.07) is 14.8. The number of aromatic nitrogens is 1. The molecule has 0 aliphatic rings. The first-order valence-corrected chi connectivity index (χ1v) is 8.06. The highest BCUT2D eigenvalue weighted by atomic mass is 79.9. The van der Waals surface area contributed by atoms with Crippen LogP contribution in [0.1, 0.15) is 5.56 Å². The van der Waals surface area contributed by atoms with Crippen LogP contribution in [0.2, 0.25) is 0 Å². The van der Waals surface area contributed by atoms with E-state index in [1.165, 1.54) is 26.3 Å². The highest BCUT2D eigenvalue weighted by Crippen LogP contribution is 2.36. The van der Waals surface area contributed by atoms with Gasteiger partial charge in [-0.15, -0.1) is 0 Å². The molecule has 0 fully saturated rings. The van der Waals surface area contributed by atoms with Crippen molar-refractivity contribution in [1.29, 1.82) is 0 Å². The van der Waals surface area contributed by atoms with Crippen LogP contribution in [0.15, 0.2) is 62.9 Å². The number of rotatable bonds is 4. The molecule has 2 aromatic carbocycles. The predicted molar refractivity (Wildman–Crippen MR) is 89.3 cm³/mol. The fourth-order valence-corrected chi connectivity index (χ4v) is 3.62. The Balaban J connectivity index is 1.99. The first-order valence-electron chi connectivity index (χ1n) is 6.45. The molecule has 0 radical (unpaired) electrons. The second kappa shape index (κ2) is 6.04. The first-order chi connectivity index (χ1) is 9.78. The Kier molecular flexibility index (Phi) is 4.15. The molecule has 3 aromatic rings. The van der Waals surface area contributed by atoms with Gasteiger partial charge in [0.2, 0.25) is 0 Å². The van der Waals surface area contributed by atoms with Crippen molar-refractivity contribution in [3.8, 4) is 0 Å². The van der Waals surface area contributed by atoms with Crippen LogP contribution < -0.4 is 5.32 Å². The van der Waals surface area contributed by atoms with Crippen LogP contribution >= 0.6 is 27.7 Å². The van der Waals surface area contributed by atoms with Crippen molar-refractivity contribution in [3.63, 3.8) is 0 Å². The molecule has 0 aliphatic carbocycles. The molecule has 1 heterocycles. The van der Waals surface area contributed by atoms with Crippen molar-refractivity contribution in [1.82, 2.24) is 10.3 Å². The summed E-state index contributed by atoms with van der Waals surface area (Å²) < 4.78 is 1.11. The Hall–Kier alpha value is -1.23. The summed E-state index contributed by atoms with van der Waals surface area (Å²) in [6.45, 7) is 0.884. The van der Waals surface area contributed by atoms with Gasteiger partial charge in [0.25, 0.3) is 0 Å². The molecule has 0 saturated carbocycles. The topological polar surface area (TPSA) is 27.8 Å². The third-order valence-corrected chi connectivity index (χ3v) is 4.83. The number of fused-ring (bicyclic) bond motifs is 1. The second-order valence-electron chi connectivity index (χ2n) is 4.58. The lowest BCUT2D eigenvalue weighted by Crippen LogP contribution is -2.05. The smallest absolute Gasteiger partial charge is 0.0466 e. The van der Waals surface area contributed by atoms with Gasteiger partial charge in [-0.05, 0) is 36.9 Å². The van der Waals surface area contributed by atoms with E-state index < -0.39 is 0 Å². The quantitative estimate of drug-likeness (QED) is 0.709. The van der Waals surface area contributed by atoms with Crippen LogP contribution in [0, 0.1) is 0 Å². The summed E-state index contributed by atoms with van der Waals surface area (Å²) in [5, 5.41) is 4.48. The Morgan fingerprint density at radius 1 is 1.15 bits per heavy atom. The Bertz CT molecular complexity index is 736. The molecule has 1 aromatic heterocycles. The van der Waals surface area contributed by atoms with Gasteiger partial charge in [-0.1, -0.05) is 45.9 Å². The fourth-order valence-electron chi connectivity index (χ4n) is 2.21. The van der Waals surface area contributed by atoms with E-state index in [-0.39, 0.29) is 0 Å². The number of hydrogen-bond donors (Lipinski definition) is 2. The minimum Gasteiger partial charge on any atom is -0.360 e. The molecule has 3 rings (SSSR count). The van der Waals surface area contributed by atoms with E-state index in [1.807, 2.05) is 7.05 Å². The second-order valence-corrected chi connectivity index (χ2v) is 6.58. The minimum absolute atomic E-state index is 0.884. The van der Waals surface area contributed by atoms with Crippen molar-refractivity contribution in [2.75, 3.05) is 7.05 Å². The van der Waals surface area contributed by atoms with Crippen LogP contribution in [0.5, 0.6) is 0 Å². The van der Waals surface area contributed by atoms with Gasteiger partial charge in [0.1, 0.15) is 0 Å². The number of halogens is 1. The standard InChI is InChI=1S/C16H15BrN2S/c1-18-9-11-4-2-3-5-15(11)20-16-10-19-14-7-6-12(17)8-13(14)16/h2-8,10,18-19H,9H2,1H3. The van der Waals surface area contributed by atoms with Gasteiger partial charge in [0, 0.05) is 37.9 Å². The molecule has 2 N–H and O–H groups in total. The van der Waals surface area contributed by atoms with Crippen molar-refractivity contribution in [3.05, 3.63) is 58.7 Å². The molecule has 0 atom stereocenters. The first kappa shape index (κ1) is 13.7. The van der Waals surface area contributed by atoms with Crippen LogP contribution in [0.25, 0.3) is 10.9 Å². The van der Waals surface area contributed by atoms with E-state index in [2.05, 4.69) is 74.9 Å². The number of H-pyrrole nitrogens is 1. The van der Waals surface area contributed by atoms with Gasteiger partial charge in [-0.25, -0.2) is 0 Å². The molecule has 0 spiro atoms. The van der Waals surface area contributed by atoms with Crippen molar-refractivity contribution < 1.29 is 0 Å². The molecule has 0 unspecified atom stereocenters. The molecule has 20 heavy (non-hydrogen) atoms. The zero-order chi connectivity index (χ0) is 13.9. The lowest BCUT2D eigenvalue weighted by atomic mass is 10.2. The maximum atomic E-state index is 3.54. The van der Waals surface area contributed by atoms with E-state index in [0.29, 0.717) is 0 Å². The van der Waals surface area contributed by atoms with Gasteiger partial charge < -0.3 is 10.3 Å².